The second-order valence-electron chi connectivity index (χ2n) is 4.95. The number of nitrogens with two attached hydrogens (primary N) is 1. The SMILES string of the molecule is NC(CC1CCCc2ccccc21)c1cnns1. The van der Waals surface area contributed by atoms with E-state index < -0.39 is 0 Å². The largest absolute Gasteiger partial charge is 0.323 e. The molecule has 0 spiro atoms. The van der Waals surface area contributed by atoms with Crippen LogP contribution < -0.4 is 5.73 Å². The highest BCUT2D eigenvalue weighted by Gasteiger charge is 2.23. The molecule has 0 radical (unpaired) electrons. The average molecular weight is 259 g/mol. The van der Waals surface area contributed by atoms with Crippen LogP contribution in [0.3, 0.4) is 0 Å². The van der Waals surface area contributed by atoms with Crippen LogP contribution in [0.25, 0.3) is 0 Å². The van der Waals surface area contributed by atoms with Gasteiger partial charge in [-0.1, -0.05) is 28.8 Å². The molecule has 0 bridgehead atoms. The van der Waals surface area contributed by atoms with Crippen LogP contribution in [0.15, 0.2) is 30.5 Å². The normalized spacial score (nSPS) is 20.4. The minimum absolute atomic E-state index is 0.0705. The minimum Gasteiger partial charge on any atom is -0.323 e. The molecule has 0 fully saturated rings. The third-order valence-electron chi connectivity index (χ3n) is 3.78. The Labute approximate surface area is 111 Å². The topological polar surface area (TPSA) is 51.8 Å². The molecule has 1 aliphatic rings. The number of hydrogen-bond donors (Lipinski definition) is 1. The van der Waals surface area contributed by atoms with E-state index in [0.717, 1.165) is 11.3 Å². The Kier molecular flexibility index (Phi) is 3.39. The molecule has 1 aromatic heterocycles. The molecule has 0 amide bonds. The number of rotatable bonds is 3. The van der Waals surface area contributed by atoms with E-state index in [1.165, 1.54) is 41.9 Å². The van der Waals surface area contributed by atoms with Gasteiger partial charge in [-0.05, 0) is 54.3 Å². The molecule has 2 atom stereocenters. The molecule has 94 valence electrons. The van der Waals surface area contributed by atoms with Crippen LogP contribution in [-0.4, -0.2) is 9.59 Å². The molecule has 3 nitrogen and oxygen atoms in total. The summed E-state index contributed by atoms with van der Waals surface area (Å²) in [5, 5.41) is 3.87. The van der Waals surface area contributed by atoms with Crippen LogP contribution >= 0.6 is 11.5 Å². The molecule has 4 heteroatoms. The highest BCUT2D eigenvalue weighted by Crippen LogP contribution is 2.37. The van der Waals surface area contributed by atoms with Gasteiger partial charge in [-0.25, -0.2) is 0 Å². The van der Waals surface area contributed by atoms with Gasteiger partial charge in [0, 0.05) is 6.04 Å². The lowest BCUT2D eigenvalue weighted by Crippen LogP contribution is -2.17. The Hall–Kier alpha value is -1.26. The number of nitrogens with zero attached hydrogens (tertiary/aromatic N) is 2. The number of aryl methyl sites for hydroxylation is 1. The summed E-state index contributed by atoms with van der Waals surface area (Å²) >= 11 is 1.41. The van der Waals surface area contributed by atoms with Gasteiger partial charge in [0.1, 0.15) is 0 Å². The fraction of sp³-hybridized carbons (Fsp3) is 0.429. The zero-order valence-corrected chi connectivity index (χ0v) is 11.1. The van der Waals surface area contributed by atoms with Gasteiger partial charge in [-0.2, -0.15) is 0 Å². The Morgan fingerprint density at radius 3 is 3.11 bits per heavy atom. The van der Waals surface area contributed by atoms with Crippen molar-refractivity contribution in [2.45, 2.75) is 37.6 Å². The highest BCUT2D eigenvalue weighted by molar-refractivity contribution is 7.05. The summed E-state index contributed by atoms with van der Waals surface area (Å²) in [6.45, 7) is 0. The third kappa shape index (κ3) is 2.31. The molecular weight excluding hydrogens is 242 g/mol. The number of fused-ring (bicyclic) bond motifs is 1. The molecule has 1 aliphatic carbocycles. The lowest BCUT2D eigenvalue weighted by molar-refractivity contribution is 0.479. The van der Waals surface area contributed by atoms with Crippen LogP contribution in [0.4, 0.5) is 0 Å². The summed E-state index contributed by atoms with van der Waals surface area (Å²) < 4.78 is 3.89. The third-order valence-corrected chi connectivity index (χ3v) is 4.57. The molecule has 3 rings (SSSR count). The molecule has 0 saturated heterocycles. The molecule has 2 unspecified atom stereocenters. The van der Waals surface area contributed by atoms with E-state index in [0.29, 0.717) is 5.92 Å². The van der Waals surface area contributed by atoms with Gasteiger partial charge in [0.25, 0.3) is 0 Å². The van der Waals surface area contributed by atoms with Crippen molar-refractivity contribution >= 4 is 11.5 Å². The van der Waals surface area contributed by atoms with E-state index in [4.69, 9.17) is 5.73 Å². The van der Waals surface area contributed by atoms with E-state index in [1.54, 1.807) is 6.20 Å². The summed E-state index contributed by atoms with van der Waals surface area (Å²) in [5.41, 5.74) is 9.26. The van der Waals surface area contributed by atoms with Crippen LogP contribution in [0.2, 0.25) is 0 Å². The summed E-state index contributed by atoms with van der Waals surface area (Å²) in [5.74, 6) is 0.590. The van der Waals surface area contributed by atoms with Crippen LogP contribution in [0.1, 0.15) is 47.2 Å². The summed E-state index contributed by atoms with van der Waals surface area (Å²) in [4.78, 5) is 1.10. The monoisotopic (exact) mass is 259 g/mol. The Balaban J connectivity index is 1.78. The van der Waals surface area contributed by atoms with E-state index in [2.05, 4.69) is 33.9 Å². The first-order chi connectivity index (χ1) is 8.84. The van der Waals surface area contributed by atoms with Gasteiger partial charge in [0.15, 0.2) is 0 Å². The van der Waals surface area contributed by atoms with Crippen LogP contribution in [-0.2, 0) is 6.42 Å². The smallest absolute Gasteiger partial charge is 0.0669 e. The fourth-order valence-corrected chi connectivity index (χ4v) is 3.37. The Bertz CT molecular complexity index is 510. The lowest BCUT2D eigenvalue weighted by Gasteiger charge is -2.27. The number of aromatic nitrogens is 2. The van der Waals surface area contributed by atoms with Gasteiger partial charge in [0.2, 0.25) is 0 Å². The maximum atomic E-state index is 6.26. The van der Waals surface area contributed by atoms with Crippen molar-refractivity contribution in [3.05, 3.63) is 46.5 Å². The van der Waals surface area contributed by atoms with Gasteiger partial charge >= 0.3 is 0 Å². The maximum Gasteiger partial charge on any atom is 0.0669 e. The minimum atomic E-state index is 0.0705. The molecule has 2 aromatic rings. The molecule has 0 aliphatic heterocycles. The number of hydrogen-bond acceptors (Lipinski definition) is 4. The van der Waals surface area contributed by atoms with E-state index in [9.17, 15) is 0 Å². The van der Waals surface area contributed by atoms with E-state index in [1.807, 2.05) is 0 Å². The van der Waals surface area contributed by atoms with Crippen molar-refractivity contribution in [3.8, 4) is 0 Å². The fourth-order valence-electron chi connectivity index (χ4n) is 2.86. The van der Waals surface area contributed by atoms with E-state index in [-0.39, 0.29) is 6.04 Å². The quantitative estimate of drug-likeness (QED) is 0.921. The van der Waals surface area contributed by atoms with Crippen molar-refractivity contribution in [1.82, 2.24) is 9.59 Å². The van der Waals surface area contributed by atoms with Gasteiger partial charge in [-0.15, -0.1) is 5.10 Å². The summed E-state index contributed by atoms with van der Waals surface area (Å²) in [6.07, 6.45) is 6.53. The molecule has 1 aromatic carbocycles. The Morgan fingerprint density at radius 1 is 1.39 bits per heavy atom. The standard InChI is InChI=1S/C14H17N3S/c15-13(14-9-16-17-18-14)8-11-6-3-5-10-4-1-2-7-12(10)11/h1-2,4,7,9,11,13H,3,5-6,8,15H2. The van der Waals surface area contributed by atoms with Gasteiger partial charge < -0.3 is 5.73 Å². The molecule has 2 N–H and O–H groups in total. The molecular formula is C14H17N3S. The molecule has 18 heavy (non-hydrogen) atoms. The first kappa shape index (κ1) is 11.8. The van der Waals surface area contributed by atoms with Crippen molar-refractivity contribution in [2.24, 2.45) is 5.73 Å². The number of benzene rings is 1. The second-order valence-corrected chi connectivity index (χ2v) is 5.77. The summed E-state index contributed by atoms with van der Waals surface area (Å²) in [7, 11) is 0. The zero-order chi connectivity index (χ0) is 12.4. The average Bonchev–Trinajstić information content (AvgIpc) is 2.93. The van der Waals surface area contributed by atoms with Gasteiger partial charge in [-0.3, -0.25) is 0 Å². The zero-order valence-electron chi connectivity index (χ0n) is 10.2. The van der Waals surface area contributed by atoms with Crippen LogP contribution in [0.5, 0.6) is 0 Å². The predicted octanol–water partition coefficient (Wildman–Crippen LogP) is 3.05. The van der Waals surface area contributed by atoms with Crippen molar-refractivity contribution in [1.29, 1.82) is 0 Å². The van der Waals surface area contributed by atoms with Crippen molar-refractivity contribution in [3.63, 3.8) is 0 Å². The lowest BCUT2D eigenvalue weighted by atomic mass is 9.79. The molecule has 0 saturated carbocycles. The first-order valence-electron chi connectivity index (χ1n) is 6.45. The summed E-state index contributed by atoms with van der Waals surface area (Å²) in [6, 6.07) is 8.85. The maximum absolute atomic E-state index is 6.26. The highest BCUT2D eigenvalue weighted by atomic mass is 32.1. The predicted molar refractivity (Wildman–Crippen MR) is 73.6 cm³/mol. The first-order valence-corrected chi connectivity index (χ1v) is 7.22. The molecule has 1 heterocycles. The van der Waals surface area contributed by atoms with Crippen molar-refractivity contribution in [2.75, 3.05) is 0 Å². The van der Waals surface area contributed by atoms with Crippen molar-refractivity contribution < 1.29 is 0 Å². The van der Waals surface area contributed by atoms with E-state index >= 15 is 0 Å². The Morgan fingerprint density at radius 2 is 2.28 bits per heavy atom. The second kappa shape index (κ2) is 5.16. The van der Waals surface area contributed by atoms with Crippen LogP contribution in [0, 0.1) is 0 Å². The van der Waals surface area contributed by atoms with Gasteiger partial charge in [0.05, 0.1) is 11.1 Å².